The molecule has 1 aromatic rings. The number of carbonyl (C=O) groups excluding carboxylic acids is 1. The molecule has 1 fully saturated rings. The van der Waals surface area contributed by atoms with E-state index in [1.807, 2.05) is 0 Å². The topological polar surface area (TPSA) is 118 Å². The number of fused-ring (bicyclic) bond motifs is 3. The van der Waals surface area contributed by atoms with Gasteiger partial charge in [0.05, 0.1) is 12.2 Å². The summed E-state index contributed by atoms with van der Waals surface area (Å²) in [5.74, 6) is -2.05. The SMILES string of the molecule is C=CC1(C)CC2=C(O)C(=O)c3c(cc(O)c(O)c3C)[C@@]2(C)[C@@H](O)[C@H]1O. The van der Waals surface area contributed by atoms with E-state index in [9.17, 15) is 30.3 Å². The average molecular weight is 346 g/mol. The Morgan fingerprint density at radius 2 is 1.80 bits per heavy atom. The molecule has 0 aromatic heterocycles. The van der Waals surface area contributed by atoms with Gasteiger partial charge in [0.15, 0.2) is 17.3 Å². The molecule has 0 bridgehead atoms. The van der Waals surface area contributed by atoms with Crippen molar-refractivity contribution in [1.82, 2.24) is 0 Å². The van der Waals surface area contributed by atoms with Crippen LogP contribution < -0.4 is 0 Å². The van der Waals surface area contributed by atoms with Gasteiger partial charge in [-0.3, -0.25) is 4.79 Å². The molecule has 0 saturated heterocycles. The normalized spacial score (nSPS) is 34.5. The summed E-state index contributed by atoms with van der Waals surface area (Å²) >= 11 is 0. The van der Waals surface area contributed by atoms with Crippen molar-refractivity contribution in [3.63, 3.8) is 0 Å². The Morgan fingerprint density at radius 1 is 1.20 bits per heavy atom. The molecule has 2 aliphatic carbocycles. The molecule has 0 radical (unpaired) electrons. The number of Topliss-reactive ketones (excluding diaryl/α,β-unsaturated/α-hetero) is 1. The van der Waals surface area contributed by atoms with Crippen LogP contribution in [0, 0.1) is 12.3 Å². The molecule has 25 heavy (non-hydrogen) atoms. The van der Waals surface area contributed by atoms with Crippen molar-refractivity contribution >= 4 is 5.78 Å². The minimum Gasteiger partial charge on any atom is -0.504 e. The van der Waals surface area contributed by atoms with Crippen LogP contribution in [-0.2, 0) is 5.41 Å². The van der Waals surface area contributed by atoms with E-state index in [0.29, 0.717) is 0 Å². The van der Waals surface area contributed by atoms with Crippen LogP contribution in [-0.4, -0.2) is 43.5 Å². The van der Waals surface area contributed by atoms with Crippen LogP contribution in [0.5, 0.6) is 11.5 Å². The minimum atomic E-state index is -1.35. The fourth-order valence-corrected chi connectivity index (χ4v) is 4.12. The second kappa shape index (κ2) is 5.09. The number of allylic oxidation sites excluding steroid dienone is 1. The standard InChI is InChI=1S/C19H22O6/c1-5-18(3)7-10-14(22)15(23)12-8(2)13(21)11(20)6-9(12)19(10,4)17(25)16(18)24/h5-6,16-17,20-22,24-25H,1,7H2,2-4H3/t16-,17+,18?,19-/m1/s1. The van der Waals surface area contributed by atoms with Crippen LogP contribution >= 0.6 is 0 Å². The second-order valence-electron chi connectivity index (χ2n) is 7.43. The van der Waals surface area contributed by atoms with E-state index in [2.05, 4.69) is 6.58 Å². The van der Waals surface area contributed by atoms with Gasteiger partial charge in [-0.05, 0) is 37.5 Å². The lowest BCUT2D eigenvalue weighted by Gasteiger charge is -2.52. The summed E-state index contributed by atoms with van der Waals surface area (Å²) in [7, 11) is 0. The molecule has 134 valence electrons. The van der Waals surface area contributed by atoms with Gasteiger partial charge in [-0.25, -0.2) is 0 Å². The number of rotatable bonds is 1. The number of hydrogen-bond acceptors (Lipinski definition) is 6. The highest BCUT2D eigenvalue weighted by Crippen LogP contribution is 2.56. The fourth-order valence-electron chi connectivity index (χ4n) is 4.12. The molecule has 0 aliphatic heterocycles. The summed E-state index contributed by atoms with van der Waals surface area (Å²) in [5, 5.41) is 52.1. The predicted octanol–water partition coefficient (Wildman–Crippen LogP) is 1.99. The monoisotopic (exact) mass is 346 g/mol. The predicted molar refractivity (Wildman–Crippen MR) is 90.8 cm³/mol. The summed E-state index contributed by atoms with van der Waals surface area (Å²) in [6.45, 7) is 8.44. The van der Waals surface area contributed by atoms with Gasteiger partial charge < -0.3 is 25.5 Å². The minimum absolute atomic E-state index is 0.0347. The Kier molecular flexibility index (Phi) is 3.57. The Hall–Kier alpha value is -2.31. The third kappa shape index (κ3) is 1.95. The largest absolute Gasteiger partial charge is 0.504 e. The summed E-state index contributed by atoms with van der Waals surface area (Å²) in [6, 6.07) is 1.22. The van der Waals surface area contributed by atoms with Gasteiger partial charge in [0, 0.05) is 22.0 Å². The van der Waals surface area contributed by atoms with Crippen LogP contribution in [0.1, 0.15) is 41.8 Å². The first-order valence-electron chi connectivity index (χ1n) is 8.03. The number of phenols is 2. The zero-order valence-electron chi connectivity index (χ0n) is 14.4. The fraction of sp³-hybridized carbons (Fsp3) is 0.421. The highest BCUT2D eigenvalue weighted by molar-refractivity contribution is 6.12. The van der Waals surface area contributed by atoms with Crippen molar-refractivity contribution in [3.8, 4) is 11.5 Å². The zero-order chi connectivity index (χ0) is 18.9. The lowest BCUT2D eigenvalue weighted by Crippen LogP contribution is -2.58. The number of carbonyl (C=O) groups is 1. The first-order chi connectivity index (χ1) is 11.5. The van der Waals surface area contributed by atoms with Crippen molar-refractivity contribution in [2.75, 3.05) is 0 Å². The molecule has 6 nitrogen and oxygen atoms in total. The molecule has 6 heteroatoms. The van der Waals surface area contributed by atoms with E-state index in [1.54, 1.807) is 13.8 Å². The summed E-state index contributed by atoms with van der Waals surface area (Å²) in [4.78, 5) is 12.7. The Balaban J connectivity index is 2.39. The van der Waals surface area contributed by atoms with E-state index in [4.69, 9.17) is 0 Å². The molecule has 1 unspecified atom stereocenters. The Morgan fingerprint density at radius 3 is 2.36 bits per heavy atom. The van der Waals surface area contributed by atoms with E-state index in [0.717, 1.165) is 0 Å². The van der Waals surface area contributed by atoms with E-state index in [1.165, 1.54) is 19.1 Å². The second-order valence-corrected chi connectivity index (χ2v) is 7.43. The molecule has 1 saturated carbocycles. The maximum atomic E-state index is 12.7. The van der Waals surface area contributed by atoms with E-state index >= 15 is 0 Å². The molecular formula is C19H22O6. The van der Waals surface area contributed by atoms with Gasteiger partial charge >= 0.3 is 0 Å². The third-order valence-corrected chi connectivity index (χ3v) is 6.03. The van der Waals surface area contributed by atoms with Gasteiger partial charge in [0.25, 0.3) is 0 Å². The van der Waals surface area contributed by atoms with Gasteiger partial charge in [0.2, 0.25) is 5.78 Å². The molecule has 5 N–H and O–H groups in total. The van der Waals surface area contributed by atoms with Crippen molar-refractivity contribution in [3.05, 3.63) is 46.7 Å². The number of benzene rings is 1. The number of ketones is 1. The number of aliphatic hydroxyl groups excluding tert-OH is 3. The average Bonchev–Trinajstić information content (AvgIpc) is 2.58. The maximum Gasteiger partial charge on any atom is 0.227 e. The highest BCUT2D eigenvalue weighted by Gasteiger charge is 2.58. The molecule has 0 heterocycles. The number of hydrogen-bond donors (Lipinski definition) is 5. The van der Waals surface area contributed by atoms with Gasteiger partial charge in [-0.2, -0.15) is 0 Å². The molecular weight excluding hydrogens is 324 g/mol. The first kappa shape index (κ1) is 17.5. The smallest absolute Gasteiger partial charge is 0.227 e. The molecule has 1 aromatic carbocycles. The van der Waals surface area contributed by atoms with Gasteiger partial charge in [-0.1, -0.05) is 13.0 Å². The summed E-state index contributed by atoms with van der Waals surface area (Å²) in [6.07, 6.45) is -0.913. The Labute approximate surface area is 145 Å². The van der Waals surface area contributed by atoms with Crippen LogP contribution in [0.25, 0.3) is 0 Å². The summed E-state index contributed by atoms with van der Waals surface area (Å²) < 4.78 is 0. The summed E-state index contributed by atoms with van der Waals surface area (Å²) in [5.41, 5.74) is -1.50. The zero-order valence-corrected chi connectivity index (χ0v) is 14.4. The van der Waals surface area contributed by atoms with Crippen molar-refractivity contribution in [1.29, 1.82) is 0 Å². The quantitative estimate of drug-likeness (QED) is 0.392. The van der Waals surface area contributed by atoms with Crippen molar-refractivity contribution in [2.24, 2.45) is 5.41 Å². The van der Waals surface area contributed by atoms with Crippen LogP contribution in [0.4, 0.5) is 0 Å². The molecule has 3 rings (SSSR count). The van der Waals surface area contributed by atoms with E-state index < -0.39 is 46.1 Å². The molecule has 2 aliphatic rings. The van der Waals surface area contributed by atoms with Crippen LogP contribution in [0.3, 0.4) is 0 Å². The maximum absolute atomic E-state index is 12.7. The van der Waals surface area contributed by atoms with Gasteiger partial charge in [0.1, 0.15) is 0 Å². The highest BCUT2D eigenvalue weighted by atomic mass is 16.3. The van der Waals surface area contributed by atoms with Crippen molar-refractivity contribution in [2.45, 2.75) is 44.8 Å². The first-order valence-corrected chi connectivity index (χ1v) is 8.03. The van der Waals surface area contributed by atoms with Crippen LogP contribution in [0.15, 0.2) is 30.1 Å². The number of aliphatic hydroxyl groups is 3. The number of aromatic hydroxyl groups is 2. The molecule has 0 amide bonds. The molecule has 0 spiro atoms. The van der Waals surface area contributed by atoms with Crippen LogP contribution in [0.2, 0.25) is 0 Å². The van der Waals surface area contributed by atoms with Crippen molar-refractivity contribution < 1.29 is 30.3 Å². The molecule has 4 atom stereocenters. The lowest BCUT2D eigenvalue weighted by atomic mass is 9.54. The van der Waals surface area contributed by atoms with E-state index in [-0.39, 0.29) is 28.7 Å². The number of phenolic OH excluding ortho intramolecular Hbond substituents is 2. The van der Waals surface area contributed by atoms with Gasteiger partial charge in [-0.15, -0.1) is 6.58 Å². The lowest BCUT2D eigenvalue weighted by molar-refractivity contribution is -0.0882. The third-order valence-electron chi connectivity index (χ3n) is 6.03. The Bertz CT molecular complexity index is 839.